The van der Waals surface area contributed by atoms with Crippen molar-refractivity contribution in [1.29, 1.82) is 0 Å². The van der Waals surface area contributed by atoms with Crippen molar-refractivity contribution in [3.63, 3.8) is 0 Å². The molecule has 7 rings (SSSR count). The van der Waals surface area contributed by atoms with Gasteiger partial charge in [-0.25, -0.2) is 4.68 Å². The molecule has 0 saturated carbocycles. The second-order valence-corrected chi connectivity index (χ2v) is 10.6. The van der Waals surface area contributed by atoms with Crippen molar-refractivity contribution in [2.75, 3.05) is 51.3 Å². The van der Waals surface area contributed by atoms with Gasteiger partial charge in [-0.15, -0.1) is 5.10 Å². The Kier molecular flexibility index (Phi) is 6.46. The molecule has 4 aliphatic rings. The van der Waals surface area contributed by atoms with Crippen LogP contribution in [0.5, 0.6) is 11.5 Å². The fourth-order valence-electron chi connectivity index (χ4n) is 6.50. The number of para-hydroxylation sites is 2. The topological polar surface area (TPSA) is 88.2 Å². The van der Waals surface area contributed by atoms with Crippen LogP contribution < -0.4 is 14.5 Å². The molecule has 37 heavy (non-hydrogen) atoms. The number of anilines is 1. The maximum atomic E-state index is 13.6. The summed E-state index contributed by atoms with van der Waals surface area (Å²) in [5, 5.41) is 18.4. The molecule has 3 aromatic rings. The zero-order valence-corrected chi connectivity index (χ0v) is 21.3. The molecule has 4 fully saturated rings. The van der Waals surface area contributed by atoms with E-state index in [9.17, 15) is 9.90 Å². The Morgan fingerprint density at radius 1 is 1.14 bits per heavy atom. The zero-order valence-electron chi connectivity index (χ0n) is 21.3. The first-order valence-corrected chi connectivity index (χ1v) is 13.3. The Labute approximate surface area is 217 Å². The van der Waals surface area contributed by atoms with E-state index >= 15 is 0 Å². The normalized spacial score (nSPS) is 25.3. The Hall–Kier alpha value is -3.59. The number of fused-ring (bicyclic) bond motifs is 3. The molecule has 0 aliphatic carbocycles. The van der Waals surface area contributed by atoms with E-state index < -0.39 is 0 Å². The molecule has 4 saturated heterocycles. The number of amides is 1. The van der Waals surface area contributed by atoms with E-state index in [1.807, 2.05) is 41.2 Å². The fourth-order valence-corrected chi connectivity index (χ4v) is 6.50. The van der Waals surface area contributed by atoms with Gasteiger partial charge in [0.1, 0.15) is 23.2 Å². The number of piperazine rings is 1. The molecule has 2 bridgehead atoms. The molecule has 1 unspecified atom stereocenters. The van der Waals surface area contributed by atoms with Crippen molar-refractivity contribution in [3.05, 3.63) is 54.7 Å². The van der Waals surface area contributed by atoms with Gasteiger partial charge < -0.3 is 24.5 Å². The van der Waals surface area contributed by atoms with E-state index in [2.05, 4.69) is 26.2 Å². The van der Waals surface area contributed by atoms with E-state index in [0.717, 1.165) is 81.3 Å². The highest BCUT2D eigenvalue weighted by Crippen LogP contribution is 2.31. The summed E-state index contributed by atoms with van der Waals surface area (Å²) < 4.78 is 7.46. The number of benzene rings is 2. The zero-order chi connectivity index (χ0) is 25.4. The predicted octanol–water partition coefficient (Wildman–Crippen LogP) is 1.30. The van der Waals surface area contributed by atoms with E-state index in [1.165, 1.54) is 4.90 Å². The lowest BCUT2D eigenvalue weighted by Crippen LogP contribution is -3.20. The molecule has 2 N–H and O–H groups in total. The highest BCUT2D eigenvalue weighted by molar-refractivity contribution is 5.80. The number of hydrogen-bond donors (Lipinski definition) is 2. The molecular formula is C28H35N6O3+. The summed E-state index contributed by atoms with van der Waals surface area (Å²) in [5.41, 5.74) is 2.73. The number of piperidine rings is 3. The van der Waals surface area contributed by atoms with Crippen molar-refractivity contribution in [2.24, 2.45) is 11.8 Å². The number of phenols is 1. The second-order valence-electron chi connectivity index (χ2n) is 10.6. The van der Waals surface area contributed by atoms with Crippen molar-refractivity contribution in [2.45, 2.75) is 25.4 Å². The smallest absolute Gasteiger partial charge is 0.231 e. The van der Waals surface area contributed by atoms with Crippen molar-refractivity contribution in [3.8, 4) is 22.8 Å². The van der Waals surface area contributed by atoms with Crippen LogP contribution in [0.1, 0.15) is 12.8 Å². The van der Waals surface area contributed by atoms with Gasteiger partial charge in [0, 0.05) is 44.6 Å². The van der Waals surface area contributed by atoms with Crippen LogP contribution in [-0.4, -0.2) is 83.3 Å². The lowest BCUT2D eigenvalue weighted by atomic mass is 9.75. The van der Waals surface area contributed by atoms with Gasteiger partial charge in [0.05, 0.1) is 44.5 Å². The number of aromatic hydroxyl groups is 1. The number of carbonyl (C=O) groups excluding carboxylic acids is 1. The molecule has 1 aromatic heterocycles. The molecule has 9 nitrogen and oxygen atoms in total. The van der Waals surface area contributed by atoms with E-state index in [1.54, 1.807) is 19.2 Å². The minimum Gasteiger partial charge on any atom is -0.508 e. The van der Waals surface area contributed by atoms with Crippen LogP contribution in [0.4, 0.5) is 5.69 Å². The number of carbonyl (C=O) groups is 1. The summed E-state index contributed by atoms with van der Waals surface area (Å²) in [6.45, 7) is 6.01. The first-order chi connectivity index (χ1) is 18.1. The minimum atomic E-state index is 0.122. The third-order valence-electron chi connectivity index (χ3n) is 8.47. The van der Waals surface area contributed by atoms with Crippen LogP contribution in [0.2, 0.25) is 0 Å². The number of quaternary nitrogens is 1. The predicted molar refractivity (Wildman–Crippen MR) is 140 cm³/mol. The number of hydrogen-bond acceptors (Lipinski definition) is 6. The van der Waals surface area contributed by atoms with Gasteiger partial charge >= 0.3 is 0 Å². The third kappa shape index (κ3) is 4.75. The van der Waals surface area contributed by atoms with E-state index in [0.29, 0.717) is 17.9 Å². The Bertz CT molecular complexity index is 1250. The highest BCUT2D eigenvalue weighted by atomic mass is 16.5. The van der Waals surface area contributed by atoms with Crippen molar-refractivity contribution in [1.82, 2.24) is 19.9 Å². The largest absolute Gasteiger partial charge is 0.508 e. The van der Waals surface area contributed by atoms with Crippen LogP contribution in [0, 0.1) is 11.8 Å². The van der Waals surface area contributed by atoms with Gasteiger partial charge in [0.2, 0.25) is 5.91 Å². The number of nitrogens with zero attached hydrogens (tertiary/aromatic N) is 5. The summed E-state index contributed by atoms with van der Waals surface area (Å²) in [7, 11) is 1.71. The summed E-state index contributed by atoms with van der Waals surface area (Å²) in [4.78, 5) is 19.5. The molecule has 9 heteroatoms. The molecule has 4 atom stereocenters. The van der Waals surface area contributed by atoms with Crippen molar-refractivity contribution >= 4 is 11.6 Å². The summed E-state index contributed by atoms with van der Waals surface area (Å²) in [6, 6.07) is 15.7. The van der Waals surface area contributed by atoms with Crippen LogP contribution in [0.3, 0.4) is 0 Å². The van der Waals surface area contributed by atoms with Gasteiger partial charge in [-0.2, -0.15) is 0 Å². The monoisotopic (exact) mass is 503 g/mol. The van der Waals surface area contributed by atoms with Gasteiger partial charge in [0.25, 0.3) is 0 Å². The molecule has 194 valence electrons. The fraction of sp³-hybridized carbons (Fsp3) is 0.464. The van der Waals surface area contributed by atoms with Crippen molar-refractivity contribution < 1.29 is 19.5 Å². The summed E-state index contributed by atoms with van der Waals surface area (Å²) in [5.74, 6) is 2.01. The molecule has 1 amide bonds. The number of aromatic nitrogens is 3. The first-order valence-electron chi connectivity index (χ1n) is 13.3. The standard InChI is InChI=1S/C28H34N6O3/c1-37-27-8-3-2-7-26(27)31-11-13-32(14-12-31)28(36)24-18-33-10-9-20(24)15-22(33)17-34-19-25(29-30-34)21-5-4-6-23(35)16-21/h2-8,16,19-20,22,24,35H,9-15,17-18H2,1H3/p+1/t20-,22-,24+/m1/s1. The third-order valence-corrected chi connectivity index (χ3v) is 8.47. The lowest BCUT2D eigenvalue weighted by Gasteiger charge is -2.47. The number of nitrogens with one attached hydrogen (secondary N) is 1. The minimum absolute atomic E-state index is 0.122. The van der Waals surface area contributed by atoms with Crippen LogP contribution in [-0.2, 0) is 11.3 Å². The maximum Gasteiger partial charge on any atom is 0.231 e. The molecule has 0 radical (unpaired) electrons. The quantitative estimate of drug-likeness (QED) is 0.527. The Balaban J connectivity index is 1.05. The number of rotatable bonds is 6. The summed E-state index contributed by atoms with van der Waals surface area (Å²) >= 11 is 0. The number of phenolic OH excluding ortho intramolecular Hbond substituents is 1. The van der Waals surface area contributed by atoms with Crippen LogP contribution in [0.15, 0.2) is 54.7 Å². The highest BCUT2D eigenvalue weighted by Gasteiger charge is 2.48. The van der Waals surface area contributed by atoms with E-state index in [-0.39, 0.29) is 11.7 Å². The average Bonchev–Trinajstić information content (AvgIpc) is 3.41. The molecule has 2 aromatic carbocycles. The SMILES string of the molecule is COc1ccccc1N1CCN(C(=O)[C@H]2C[NH+]3CC[C@@H]2C[C@@H]3Cn2cc(-c3cccc(O)c3)nn2)CC1. The van der Waals surface area contributed by atoms with Crippen LogP contribution in [0.25, 0.3) is 11.3 Å². The average molecular weight is 504 g/mol. The molecule has 4 aliphatic heterocycles. The van der Waals surface area contributed by atoms with Gasteiger partial charge in [-0.3, -0.25) is 4.79 Å². The van der Waals surface area contributed by atoms with Gasteiger partial charge in [-0.1, -0.05) is 29.5 Å². The van der Waals surface area contributed by atoms with Gasteiger partial charge in [-0.05, 0) is 30.2 Å². The lowest BCUT2D eigenvalue weighted by molar-refractivity contribution is -0.945. The molecule has 5 heterocycles. The molecule has 0 spiro atoms. The first kappa shape index (κ1) is 23.8. The number of ether oxygens (including phenoxy) is 1. The second kappa shape index (κ2) is 10.0. The van der Waals surface area contributed by atoms with E-state index in [4.69, 9.17) is 4.74 Å². The molecular weight excluding hydrogens is 468 g/mol. The Morgan fingerprint density at radius 2 is 1.97 bits per heavy atom. The Morgan fingerprint density at radius 3 is 2.73 bits per heavy atom. The van der Waals surface area contributed by atoms with Gasteiger partial charge in [0.15, 0.2) is 0 Å². The van der Waals surface area contributed by atoms with Crippen LogP contribution >= 0.6 is 0 Å². The summed E-state index contributed by atoms with van der Waals surface area (Å²) in [6.07, 6.45) is 4.13. The maximum absolute atomic E-state index is 13.6. The number of methoxy groups -OCH3 is 1.